The van der Waals surface area contributed by atoms with Crippen LogP contribution < -0.4 is 9.64 Å². The number of anilines is 1. The van der Waals surface area contributed by atoms with Crippen LogP contribution in [0.3, 0.4) is 0 Å². The molecule has 2 saturated heterocycles. The van der Waals surface area contributed by atoms with E-state index < -0.39 is 4.92 Å². The number of aryl methyl sites for hydroxylation is 1. The van der Waals surface area contributed by atoms with Crippen LogP contribution in [-0.2, 0) is 0 Å². The first-order valence-electron chi connectivity index (χ1n) is 8.39. The summed E-state index contributed by atoms with van der Waals surface area (Å²) >= 11 is 0. The SMILES string of the molecule is COc1cc(N2CCC3(CC2)CN(CCO)C3)c(C)cc1[N+](=O)[O-]. The Kier molecular flexibility index (Phi) is 4.64. The molecule has 1 N–H and O–H groups in total. The normalized spacial score (nSPS) is 20.0. The number of piperidine rings is 1. The van der Waals surface area contributed by atoms with E-state index in [9.17, 15) is 10.1 Å². The molecule has 0 aliphatic carbocycles. The summed E-state index contributed by atoms with van der Waals surface area (Å²) in [5, 5.41) is 20.1. The van der Waals surface area contributed by atoms with Gasteiger partial charge >= 0.3 is 5.69 Å². The number of rotatable bonds is 5. The third kappa shape index (κ3) is 3.06. The summed E-state index contributed by atoms with van der Waals surface area (Å²) in [5.74, 6) is 0.318. The number of nitro groups is 1. The molecule has 3 rings (SSSR count). The lowest BCUT2D eigenvalue weighted by Gasteiger charge is -2.54. The van der Waals surface area contributed by atoms with Crippen molar-refractivity contribution in [3.63, 3.8) is 0 Å². The molecule has 0 amide bonds. The molecule has 7 heteroatoms. The van der Waals surface area contributed by atoms with Crippen LogP contribution in [0.15, 0.2) is 12.1 Å². The fourth-order valence-electron chi connectivity index (χ4n) is 4.05. The highest BCUT2D eigenvalue weighted by molar-refractivity contribution is 5.64. The molecule has 0 unspecified atom stereocenters. The molecule has 2 fully saturated rings. The van der Waals surface area contributed by atoms with E-state index >= 15 is 0 Å². The molecule has 1 aromatic rings. The standard InChI is InChI=1S/C17H25N3O4/c1-13-9-15(20(22)23)16(24-2)10-14(13)19-5-3-17(4-6-19)11-18(12-17)7-8-21/h9-10,21H,3-8,11-12H2,1-2H3. The third-order valence-corrected chi connectivity index (χ3v) is 5.39. The number of aliphatic hydroxyl groups excluding tert-OH is 1. The van der Waals surface area contributed by atoms with Crippen LogP contribution in [0.5, 0.6) is 5.75 Å². The number of nitro benzene ring substituents is 1. The van der Waals surface area contributed by atoms with E-state index in [1.165, 1.54) is 7.11 Å². The zero-order valence-electron chi connectivity index (χ0n) is 14.3. The Morgan fingerprint density at radius 3 is 2.54 bits per heavy atom. The van der Waals surface area contributed by atoms with Crippen LogP contribution in [0.4, 0.5) is 11.4 Å². The van der Waals surface area contributed by atoms with Crippen LogP contribution >= 0.6 is 0 Å². The quantitative estimate of drug-likeness (QED) is 0.653. The average molecular weight is 335 g/mol. The number of likely N-dealkylation sites (tertiary alicyclic amines) is 1. The first kappa shape index (κ1) is 17.0. The van der Waals surface area contributed by atoms with Crippen LogP contribution in [-0.4, -0.2) is 61.4 Å². The van der Waals surface area contributed by atoms with Crippen LogP contribution in [0, 0.1) is 22.5 Å². The van der Waals surface area contributed by atoms with Gasteiger partial charge in [0, 0.05) is 50.5 Å². The first-order valence-corrected chi connectivity index (χ1v) is 8.39. The van der Waals surface area contributed by atoms with Crippen LogP contribution in [0.2, 0.25) is 0 Å². The second-order valence-electron chi connectivity index (χ2n) is 6.99. The van der Waals surface area contributed by atoms with Gasteiger partial charge in [0.15, 0.2) is 5.75 Å². The van der Waals surface area contributed by atoms with Crippen LogP contribution in [0.25, 0.3) is 0 Å². The molecule has 0 saturated carbocycles. The van der Waals surface area contributed by atoms with Gasteiger partial charge in [-0.2, -0.15) is 0 Å². The molecule has 2 aliphatic heterocycles. The number of aliphatic hydroxyl groups is 1. The number of nitrogens with zero attached hydrogens (tertiary/aromatic N) is 3. The Balaban J connectivity index is 1.70. The Labute approximate surface area is 142 Å². The second-order valence-corrected chi connectivity index (χ2v) is 6.99. The highest BCUT2D eigenvalue weighted by atomic mass is 16.6. The van der Waals surface area contributed by atoms with E-state index in [0.717, 1.165) is 56.8 Å². The van der Waals surface area contributed by atoms with Crippen molar-refractivity contribution < 1.29 is 14.8 Å². The molecule has 0 bridgehead atoms. The average Bonchev–Trinajstić information content (AvgIpc) is 2.54. The topological polar surface area (TPSA) is 79.1 Å². The molecule has 1 aromatic carbocycles. The summed E-state index contributed by atoms with van der Waals surface area (Å²) in [6.45, 7) is 6.96. The number of methoxy groups -OCH3 is 1. The maximum atomic E-state index is 11.1. The van der Waals surface area contributed by atoms with Crippen molar-refractivity contribution in [1.82, 2.24) is 4.90 Å². The molecule has 132 valence electrons. The fourth-order valence-corrected chi connectivity index (χ4v) is 4.05. The summed E-state index contributed by atoms with van der Waals surface area (Å²) in [6.07, 6.45) is 2.24. The predicted octanol–water partition coefficient (Wildman–Crippen LogP) is 1.81. The van der Waals surface area contributed by atoms with Gasteiger partial charge in [0.2, 0.25) is 0 Å². The molecule has 2 heterocycles. The van der Waals surface area contributed by atoms with Crippen molar-refractivity contribution in [3.05, 3.63) is 27.8 Å². The Bertz CT molecular complexity index is 619. The lowest BCUT2D eigenvalue weighted by molar-refractivity contribution is -0.385. The summed E-state index contributed by atoms with van der Waals surface area (Å²) < 4.78 is 5.21. The van der Waals surface area contributed by atoms with Crippen LogP contribution in [0.1, 0.15) is 18.4 Å². The first-order chi connectivity index (χ1) is 11.5. The minimum absolute atomic E-state index is 0.0193. The van der Waals surface area contributed by atoms with Crippen molar-refractivity contribution in [2.24, 2.45) is 5.41 Å². The van der Waals surface area contributed by atoms with Crippen molar-refractivity contribution in [3.8, 4) is 5.75 Å². The van der Waals surface area contributed by atoms with Gasteiger partial charge in [0.1, 0.15) is 0 Å². The molecule has 1 spiro atoms. The molecule has 2 aliphatic rings. The Hall–Kier alpha value is -1.86. The third-order valence-electron chi connectivity index (χ3n) is 5.39. The molecule has 0 aromatic heterocycles. The predicted molar refractivity (Wildman–Crippen MR) is 91.8 cm³/mol. The molecule has 7 nitrogen and oxygen atoms in total. The maximum Gasteiger partial charge on any atom is 0.311 e. The van der Waals surface area contributed by atoms with Crippen molar-refractivity contribution >= 4 is 11.4 Å². The minimum Gasteiger partial charge on any atom is -0.490 e. The molecule has 24 heavy (non-hydrogen) atoms. The van der Waals surface area contributed by atoms with Crippen molar-refractivity contribution in [1.29, 1.82) is 0 Å². The maximum absolute atomic E-state index is 11.1. The molecular formula is C17H25N3O4. The number of β-amino-alcohol motifs (C(OH)–C–C–N with tert-alkyl or cyclic N) is 1. The number of ether oxygens (including phenoxy) is 1. The van der Waals surface area contributed by atoms with E-state index in [1.54, 1.807) is 12.1 Å². The molecular weight excluding hydrogens is 310 g/mol. The zero-order chi connectivity index (χ0) is 17.3. The largest absolute Gasteiger partial charge is 0.490 e. The van der Waals surface area contributed by atoms with Gasteiger partial charge in [-0.05, 0) is 30.7 Å². The number of hydrogen-bond donors (Lipinski definition) is 1. The van der Waals surface area contributed by atoms with Gasteiger partial charge in [-0.3, -0.25) is 15.0 Å². The van der Waals surface area contributed by atoms with Gasteiger partial charge in [-0.1, -0.05) is 0 Å². The highest BCUT2D eigenvalue weighted by Crippen LogP contribution is 2.42. The number of hydrogen-bond acceptors (Lipinski definition) is 6. The highest BCUT2D eigenvalue weighted by Gasteiger charge is 2.44. The van der Waals surface area contributed by atoms with Gasteiger partial charge in [0.25, 0.3) is 0 Å². The lowest BCUT2D eigenvalue weighted by Crippen LogP contribution is -2.60. The zero-order valence-corrected chi connectivity index (χ0v) is 14.3. The summed E-state index contributed by atoms with van der Waals surface area (Å²) in [7, 11) is 1.47. The number of benzene rings is 1. The monoisotopic (exact) mass is 335 g/mol. The van der Waals surface area contributed by atoms with E-state index in [4.69, 9.17) is 9.84 Å². The summed E-state index contributed by atoms with van der Waals surface area (Å²) in [4.78, 5) is 15.3. The fraction of sp³-hybridized carbons (Fsp3) is 0.647. The van der Waals surface area contributed by atoms with Crippen molar-refractivity contribution in [2.75, 3.05) is 51.3 Å². The smallest absolute Gasteiger partial charge is 0.311 e. The van der Waals surface area contributed by atoms with E-state index in [2.05, 4.69) is 9.80 Å². The minimum atomic E-state index is -0.398. The second kappa shape index (κ2) is 6.57. The Morgan fingerprint density at radius 1 is 1.33 bits per heavy atom. The van der Waals surface area contributed by atoms with Crippen molar-refractivity contribution in [2.45, 2.75) is 19.8 Å². The van der Waals surface area contributed by atoms with E-state index in [1.807, 2.05) is 6.92 Å². The van der Waals surface area contributed by atoms with E-state index in [0.29, 0.717) is 11.2 Å². The summed E-state index contributed by atoms with van der Waals surface area (Å²) in [5.41, 5.74) is 2.35. The Morgan fingerprint density at radius 2 is 2.00 bits per heavy atom. The molecule has 0 radical (unpaired) electrons. The van der Waals surface area contributed by atoms with Gasteiger partial charge < -0.3 is 14.7 Å². The van der Waals surface area contributed by atoms with Gasteiger partial charge in [-0.15, -0.1) is 0 Å². The summed E-state index contributed by atoms with van der Waals surface area (Å²) in [6, 6.07) is 3.40. The molecule has 0 atom stereocenters. The van der Waals surface area contributed by atoms with Gasteiger partial charge in [0.05, 0.1) is 18.6 Å². The van der Waals surface area contributed by atoms with Gasteiger partial charge in [-0.25, -0.2) is 0 Å². The lowest BCUT2D eigenvalue weighted by atomic mass is 9.72. The van der Waals surface area contributed by atoms with E-state index in [-0.39, 0.29) is 12.3 Å².